The molecule has 12 heteroatoms. The van der Waals surface area contributed by atoms with Gasteiger partial charge in [0.15, 0.2) is 0 Å². The maximum atomic E-state index is 14.6. The number of nitrogens with one attached hydrogen (secondary N) is 1. The first-order chi connectivity index (χ1) is 13.6. The first-order valence-corrected chi connectivity index (χ1v) is 10.5. The van der Waals surface area contributed by atoms with E-state index in [0.29, 0.717) is 24.1 Å². The summed E-state index contributed by atoms with van der Waals surface area (Å²) >= 11 is 0. The number of nitrogens with zero attached hydrogens (tertiary/aromatic N) is 3. The third kappa shape index (κ3) is 5.21. The Bertz CT molecular complexity index is 938. The van der Waals surface area contributed by atoms with Crippen molar-refractivity contribution in [3.05, 3.63) is 29.6 Å². The number of carbonyl (C=O) groups excluding carboxylic acids is 2. The van der Waals surface area contributed by atoms with Crippen LogP contribution in [0.25, 0.3) is 0 Å². The molecule has 0 radical (unpaired) electrons. The second-order valence-corrected chi connectivity index (χ2v) is 8.39. The Kier molecular flexibility index (Phi) is 6.03. The van der Waals surface area contributed by atoms with Crippen LogP contribution in [0, 0.1) is 11.7 Å². The number of ether oxygens (including phenoxy) is 1. The van der Waals surface area contributed by atoms with Crippen LogP contribution in [0.2, 0.25) is 0 Å². The summed E-state index contributed by atoms with van der Waals surface area (Å²) in [4.78, 5) is 24.3. The fraction of sp³-hybridized carbons (Fsp3) is 0.471. The summed E-state index contributed by atoms with van der Waals surface area (Å²) in [7, 11) is -3.88. The molecule has 2 aliphatic rings. The topological polar surface area (TPSA) is 134 Å². The molecular weight excluding hydrogens is 405 g/mol. The molecule has 1 saturated heterocycles. The van der Waals surface area contributed by atoms with Gasteiger partial charge in [-0.2, -0.15) is 17.9 Å². The molecule has 0 aromatic heterocycles. The molecule has 2 aliphatic heterocycles. The third-order valence-electron chi connectivity index (χ3n) is 4.67. The van der Waals surface area contributed by atoms with E-state index in [9.17, 15) is 22.4 Å². The molecule has 0 saturated carbocycles. The Hall–Kier alpha value is -2.73. The quantitative estimate of drug-likeness (QED) is 0.675. The molecule has 2 unspecified atom stereocenters. The monoisotopic (exact) mass is 427 g/mol. The van der Waals surface area contributed by atoms with Gasteiger partial charge in [0.1, 0.15) is 11.9 Å². The molecule has 29 heavy (non-hydrogen) atoms. The smallest absolute Gasteiger partial charge is 0.414 e. The molecule has 1 aromatic carbocycles. The molecule has 3 N–H and O–H groups in total. The lowest BCUT2D eigenvalue weighted by Gasteiger charge is -2.24. The molecule has 0 aliphatic carbocycles. The summed E-state index contributed by atoms with van der Waals surface area (Å²) in [5.74, 6) is -0.844. The summed E-state index contributed by atoms with van der Waals surface area (Å²) in [5.41, 5.74) is 0.788. The molecule has 0 spiro atoms. The second kappa shape index (κ2) is 8.33. The molecule has 10 nitrogen and oxygen atoms in total. The van der Waals surface area contributed by atoms with Crippen molar-refractivity contribution in [2.75, 3.05) is 24.5 Å². The normalized spacial score (nSPS) is 22.0. The van der Waals surface area contributed by atoms with Gasteiger partial charge in [0.25, 0.3) is 0 Å². The van der Waals surface area contributed by atoms with Crippen LogP contribution < -0.4 is 15.4 Å². The average molecular weight is 427 g/mol. The minimum atomic E-state index is -3.88. The Labute approximate surface area is 167 Å². The number of benzene rings is 1. The summed E-state index contributed by atoms with van der Waals surface area (Å²) < 4.78 is 43.1. The van der Waals surface area contributed by atoms with E-state index in [1.165, 1.54) is 24.1 Å². The predicted molar refractivity (Wildman–Crippen MR) is 103 cm³/mol. The molecule has 2 atom stereocenters. The molecule has 2 heterocycles. The van der Waals surface area contributed by atoms with Crippen molar-refractivity contribution in [2.24, 2.45) is 16.2 Å². The zero-order valence-corrected chi connectivity index (χ0v) is 16.6. The van der Waals surface area contributed by atoms with Gasteiger partial charge in [-0.05, 0) is 30.5 Å². The zero-order valence-electron chi connectivity index (χ0n) is 15.7. The second-order valence-electron chi connectivity index (χ2n) is 6.94. The van der Waals surface area contributed by atoms with E-state index in [-0.39, 0.29) is 31.5 Å². The van der Waals surface area contributed by atoms with E-state index in [1.54, 1.807) is 12.1 Å². The van der Waals surface area contributed by atoms with Gasteiger partial charge in [-0.15, -0.1) is 0 Å². The first-order valence-electron chi connectivity index (χ1n) is 8.99. The van der Waals surface area contributed by atoms with Crippen molar-refractivity contribution < 1.29 is 27.1 Å². The van der Waals surface area contributed by atoms with Gasteiger partial charge in [-0.25, -0.2) is 14.3 Å². The number of halogens is 1. The SMILES string of the molecule is CC(=O)NCC1CN(c2ccc(CC3C=NN(S(N)(=O)=O)CC3)c(F)c2)C(=O)O1. The summed E-state index contributed by atoms with van der Waals surface area (Å²) in [5, 5.41) is 11.4. The Morgan fingerprint density at radius 2 is 2.21 bits per heavy atom. The number of amides is 2. The van der Waals surface area contributed by atoms with E-state index in [0.717, 1.165) is 4.41 Å². The van der Waals surface area contributed by atoms with E-state index in [1.807, 2.05) is 0 Å². The number of hydrogen-bond donors (Lipinski definition) is 2. The van der Waals surface area contributed by atoms with Crippen molar-refractivity contribution >= 4 is 34.1 Å². The fourth-order valence-corrected chi connectivity index (χ4v) is 3.72. The zero-order chi connectivity index (χ0) is 21.2. The lowest BCUT2D eigenvalue weighted by Crippen LogP contribution is -2.37. The van der Waals surface area contributed by atoms with Crippen molar-refractivity contribution in [1.82, 2.24) is 9.73 Å². The van der Waals surface area contributed by atoms with Crippen molar-refractivity contribution in [3.8, 4) is 0 Å². The van der Waals surface area contributed by atoms with Crippen LogP contribution in [0.15, 0.2) is 23.3 Å². The van der Waals surface area contributed by atoms with Crippen molar-refractivity contribution in [1.29, 1.82) is 0 Å². The lowest BCUT2D eigenvalue weighted by atomic mass is 9.96. The van der Waals surface area contributed by atoms with Crippen LogP contribution in [-0.4, -0.2) is 56.8 Å². The maximum Gasteiger partial charge on any atom is 0.414 e. The molecule has 158 valence electrons. The highest BCUT2D eigenvalue weighted by molar-refractivity contribution is 7.86. The summed E-state index contributed by atoms with van der Waals surface area (Å²) in [6.07, 6.45) is 1.14. The lowest BCUT2D eigenvalue weighted by molar-refractivity contribution is -0.119. The van der Waals surface area contributed by atoms with Gasteiger partial charge in [0.05, 0.1) is 25.3 Å². The fourth-order valence-electron chi connectivity index (χ4n) is 3.17. The highest BCUT2D eigenvalue weighted by Gasteiger charge is 2.33. The molecular formula is C17H22FN5O5S. The van der Waals surface area contributed by atoms with Gasteiger partial charge in [-0.1, -0.05) is 6.07 Å². The maximum absolute atomic E-state index is 14.6. The number of cyclic esters (lactones) is 1. The molecule has 3 rings (SSSR count). The molecule has 0 bridgehead atoms. The van der Waals surface area contributed by atoms with Crippen LogP contribution >= 0.6 is 0 Å². The molecule has 1 aromatic rings. The highest BCUT2D eigenvalue weighted by Crippen LogP contribution is 2.26. The molecule has 1 fully saturated rings. The van der Waals surface area contributed by atoms with Crippen molar-refractivity contribution in [2.45, 2.75) is 25.9 Å². The van der Waals surface area contributed by atoms with E-state index >= 15 is 0 Å². The number of hydrogen-bond acceptors (Lipinski definition) is 6. The number of anilines is 1. The highest BCUT2D eigenvalue weighted by atomic mass is 32.2. The third-order valence-corrected chi connectivity index (χ3v) is 5.54. The van der Waals surface area contributed by atoms with E-state index in [4.69, 9.17) is 9.88 Å². The van der Waals surface area contributed by atoms with Crippen LogP contribution in [-0.2, 0) is 26.2 Å². The van der Waals surface area contributed by atoms with Gasteiger partial charge in [0.2, 0.25) is 5.91 Å². The Morgan fingerprint density at radius 1 is 1.45 bits per heavy atom. The van der Waals surface area contributed by atoms with Crippen LogP contribution in [0.4, 0.5) is 14.9 Å². The molecule has 2 amide bonds. The number of carbonyl (C=O) groups is 2. The summed E-state index contributed by atoms with van der Waals surface area (Å²) in [6, 6.07) is 4.46. The minimum absolute atomic E-state index is 0.132. The van der Waals surface area contributed by atoms with Gasteiger partial charge >= 0.3 is 16.3 Å². The number of nitrogens with two attached hydrogens (primary N) is 1. The van der Waals surface area contributed by atoms with Gasteiger partial charge in [-0.3, -0.25) is 9.69 Å². The van der Waals surface area contributed by atoms with E-state index < -0.39 is 28.2 Å². The number of hydrazone groups is 1. The van der Waals surface area contributed by atoms with Gasteiger partial charge in [0, 0.05) is 19.1 Å². The predicted octanol–water partition coefficient (Wildman–Crippen LogP) is 0.341. The Morgan fingerprint density at radius 3 is 2.79 bits per heavy atom. The Balaban J connectivity index is 1.64. The van der Waals surface area contributed by atoms with Crippen LogP contribution in [0.3, 0.4) is 0 Å². The van der Waals surface area contributed by atoms with Crippen molar-refractivity contribution in [3.63, 3.8) is 0 Å². The standard InChI is InChI=1S/C17H22FN5O5S/c1-11(24)20-9-15-10-22(17(25)28-15)14-3-2-13(16(18)7-14)6-12-4-5-23(21-8-12)29(19,26)27/h2-3,7-8,12,15H,4-6,9-10H2,1H3,(H,20,24)(H2,19,26,27). The van der Waals surface area contributed by atoms with Crippen LogP contribution in [0.5, 0.6) is 0 Å². The average Bonchev–Trinajstić information content (AvgIpc) is 3.02. The van der Waals surface area contributed by atoms with E-state index in [2.05, 4.69) is 10.4 Å². The number of rotatable bonds is 6. The summed E-state index contributed by atoms with van der Waals surface area (Å²) in [6.45, 7) is 1.90. The minimum Gasteiger partial charge on any atom is -0.442 e. The van der Waals surface area contributed by atoms with Gasteiger partial charge < -0.3 is 10.1 Å². The largest absolute Gasteiger partial charge is 0.442 e. The first kappa shape index (κ1) is 21.0. The van der Waals surface area contributed by atoms with Crippen LogP contribution in [0.1, 0.15) is 18.9 Å².